The van der Waals surface area contributed by atoms with E-state index in [9.17, 15) is 9.90 Å². The van der Waals surface area contributed by atoms with E-state index in [-0.39, 0.29) is 0 Å². The Hall–Kier alpha value is -0.610. The van der Waals surface area contributed by atoms with Gasteiger partial charge in [0, 0.05) is 11.1 Å². The number of carbonyl (C=O) groups is 1. The van der Waals surface area contributed by atoms with Crippen molar-refractivity contribution in [3.63, 3.8) is 0 Å². The smallest absolute Gasteiger partial charge is 0.307 e. The summed E-state index contributed by atoms with van der Waals surface area (Å²) in [6, 6.07) is 0. The van der Waals surface area contributed by atoms with E-state index in [0.29, 0.717) is 0 Å². The van der Waals surface area contributed by atoms with Crippen LogP contribution in [-0.2, 0) is 4.79 Å². The van der Waals surface area contributed by atoms with E-state index in [0.717, 1.165) is 0 Å². The van der Waals surface area contributed by atoms with Gasteiger partial charge in [0.1, 0.15) is 0 Å². The molecular weight excluding hydrogens is 228 g/mol. The molecule has 0 aliphatic heterocycles. The van der Waals surface area contributed by atoms with E-state index in [1.807, 2.05) is 55.4 Å². The molecule has 4 heteroatoms. The lowest BCUT2D eigenvalue weighted by molar-refractivity contribution is -0.158. The summed E-state index contributed by atoms with van der Waals surface area (Å²) in [4.78, 5) is 11.8. The molecule has 0 fully saturated rings. The highest BCUT2D eigenvalue weighted by Gasteiger charge is 2.55. The van der Waals surface area contributed by atoms with Gasteiger partial charge in [-0.05, 0) is 38.5 Å². The van der Waals surface area contributed by atoms with Crippen molar-refractivity contribution in [1.82, 2.24) is 0 Å². The van der Waals surface area contributed by atoms with Crippen LogP contribution in [0.4, 0.5) is 0 Å². The van der Waals surface area contributed by atoms with Crippen LogP contribution in [0.1, 0.15) is 55.4 Å². The summed E-state index contributed by atoms with van der Waals surface area (Å²) in [6.45, 7) is 15.1. The van der Waals surface area contributed by atoms with Crippen molar-refractivity contribution in [2.24, 2.45) is 28.2 Å². The minimum absolute atomic E-state index is 0.584. The van der Waals surface area contributed by atoms with Gasteiger partial charge in [-0.1, -0.05) is 27.7 Å². The number of carboxylic acid groups (broad SMARTS) is 1. The van der Waals surface area contributed by atoms with Crippen LogP contribution in [0.25, 0.3) is 0 Å². The van der Waals surface area contributed by atoms with Crippen LogP contribution >= 0.6 is 0 Å². The first kappa shape index (κ1) is 17.4. The zero-order valence-electron chi connectivity index (χ0n) is 13.1. The first-order chi connectivity index (χ1) is 7.57. The quantitative estimate of drug-likeness (QED) is 0.705. The predicted molar refractivity (Wildman–Crippen MR) is 75.2 cm³/mol. The Bertz CT molecular complexity index is 294. The first-order valence-corrected chi connectivity index (χ1v) is 6.37. The normalized spacial score (nSPS) is 15.1. The average molecular weight is 258 g/mol. The molecule has 0 rings (SSSR count). The number of rotatable bonds is 5. The summed E-state index contributed by atoms with van der Waals surface area (Å²) in [5, 5.41) is 9.66. The lowest BCUT2D eigenvalue weighted by atomic mass is 9.53. The predicted octanol–water partition coefficient (Wildman–Crippen LogP) is 2.21. The third-order valence-electron chi connectivity index (χ3n) is 5.01. The minimum Gasteiger partial charge on any atom is -0.481 e. The Morgan fingerprint density at radius 1 is 0.833 bits per heavy atom. The zero-order valence-corrected chi connectivity index (χ0v) is 13.1. The highest BCUT2D eigenvalue weighted by atomic mass is 16.4. The van der Waals surface area contributed by atoms with Gasteiger partial charge in [-0.15, -0.1) is 0 Å². The molecule has 0 unspecified atom stereocenters. The molecule has 0 radical (unpaired) electrons. The molecule has 0 aromatic rings. The van der Waals surface area contributed by atoms with Crippen LogP contribution in [-0.4, -0.2) is 22.2 Å². The molecule has 4 nitrogen and oxygen atoms in total. The standard InChI is InChI=1S/C14H30N2O2/c1-11(2,13(5,6)15)9(10(17)18)12(3,4)14(7,8)16/h9H,15-16H2,1-8H3,(H,17,18). The molecule has 0 heterocycles. The van der Waals surface area contributed by atoms with Gasteiger partial charge in [0.05, 0.1) is 5.92 Å². The lowest BCUT2D eigenvalue weighted by Gasteiger charge is -2.53. The zero-order chi connectivity index (χ0) is 15.2. The summed E-state index contributed by atoms with van der Waals surface area (Å²) in [6.07, 6.45) is 0. The van der Waals surface area contributed by atoms with Gasteiger partial charge in [0.25, 0.3) is 0 Å². The number of hydrogen-bond acceptors (Lipinski definition) is 3. The summed E-state index contributed by atoms with van der Waals surface area (Å²) >= 11 is 0. The van der Waals surface area contributed by atoms with Crippen molar-refractivity contribution >= 4 is 5.97 Å². The third-order valence-corrected chi connectivity index (χ3v) is 5.01. The van der Waals surface area contributed by atoms with Crippen LogP contribution in [0.3, 0.4) is 0 Å². The lowest BCUT2D eigenvalue weighted by Crippen LogP contribution is -2.63. The van der Waals surface area contributed by atoms with Crippen molar-refractivity contribution in [3.8, 4) is 0 Å². The topological polar surface area (TPSA) is 89.3 Å². The van der Waals surface area contributed by atoms with E-state index in [1.54, 1.807) is 0 Å². The van der Waals surface area contributed by atoms with Crippen molar-refractivity contribution in [2.75, 3.05) is 0 Å². The molecule has 0 aromatic carbocycles. The van der Waals surface area contributed by atoms with Gasteiger partial charge in [-0.25, -0.2) is 0 Å². The van der Waals surface area contributed by atoms with E-state index >= 15 is 0 Å². The summed E-state index contributed by atoms with van der Waals surface area (Å²) in [5.41, 5.74) is 9.98. The Morgan fingerprint density at radius 2 is 1.06 bits per heavy atom. The fourth-order valence-electron chi connectivity index (χ4n) is 2.26. The van der Waals surface area contributed by atoms with Crippen molar-refractivity contribution in [2.45, 2.75) is 66.5 Å². The van der Waals surface area contributed by atoms with Gasteiger partial charge >= 0.3 is 5.97 Å². The van der Waals surface area contributed by atoms with Gasteiger partial charge in [-0.3, -0.25) is 4.79 Å². The minimum atomic E-state index is -0.845. The number of nitrogens with two attached hydrogens (primary N) is 2. The Balaban J connectivity index is 5.85. The molecule has 18 heavy (non-hydrogen) atoms. The second-order valence-corrected chi connectivity index (χ2v) is 7.66. The molecule has 0 aliphatic rings. The summed E-state index contributed by atoms with van der Waals surface area (Å²) in [7, 11) is 0. The average Bonchev–Trinajstić information content (AvgIpc) is 1.96. The Morgan fingerprint density at radius 3 is 1.17 bits per heavy atom. The highest BCUT2D eigenvalue weighted by Crippen LogP contribution is 2.49. The molecule has 0 aliphatic carbocycles. The second kappa shape index (κ2) is 4.49. The van der Waals surface area contributed by atoms with Crippen LogP contribution in [0.2, 0.25) is 0 Å². The van der Waals surface area contributed by atoms with Crippen LogP contribution < -0.4 is 11.5 Å². The van der Waals surface area contributed by atoms with E-state index < -0.39 is 33.8 Å². The third kappa shape index (κ3) is 2.86. The largest absolute Gasteiger partial charge is 0.481 e. The van der Waals surface area contributed by atoms with E-state index in [2.05, 4.69) is 0 Å². The molecule has 0 atom stereocenters. The van der Waals surface area contributed by atoms with Gasteiger partial charge in [-0.2, -0.15) is 0 Å². The molecular formula is C14H30N2O2. The number of aliphatic carboxylic acids is 1. The SMILES string of the molecule is CC(C)(N)C(C)(C)C(C(=O)O)C(C)(C)C(C)(C)N. The molecule has 0 amide bonds. The molecule has 0 saturated heterocycles. The molecule has 108 valence electrons. The maximum Gasteiger partial charge on any atom is 0.307 e. The molecule has 5 N–H and O–H groups in total. The van der Waals surface area contributed by atoms with Crippen molar-refractivity contribution in [1.29, 1.82) is 0 Å². The maximum atomic E-state index is 11.8. The fourth-order valence-corrected chi connectivity index (χ4v) is 2.26. The molecule has 0 saturated carbocycles. The Labute approximate surface area is 111 Å². The maximum absolute atomic E-state index is 11.8. The first-order valence-electron chi connectivity index (χ1n) is 6.37. The number of hydrogen-bond donors (Lipinski definition) is 3. The molecule has 0 aromatic heterocycles. The monoisotopic (exact) mass is 258 g/mol. The summed E-state index contributed by atoms with van der Waals surface area (Å²) in [5.74, 6) is -1.48. The Kier molecular flexibility index (Phi) is 4.34. The van der Waals surface area contributed by atoms with Crippen LogP contribution in [0.15, 0.2) is 0 Å². The number of carboxylic acids is 1. The van der Waals surface area contributed by atoms with E-state index in [1.165, 1.54) is 0 Å². The van der Waals surface area contributed by atoms with Crippen LogP contribution in [0, 0.1) is 16.7 Å². The van der Waals surface area contributed by atoms with Gasteiger partial charge in [0.15, 0.2) is 0 Å². The molecule has 0 bridgehead atoms. The summed E-state index contributed by atoms with van der Waals surface area (Å²) < 4.78 is 0. The van der Waals surface area contributed by atoms with Gasteiger partial charge < -0.3 is 16.6 Å². The molecule has 0 spiro atoms. The van der Waals surface area contributed by atoms with Crippen molar-refractivity contribution in [3.05, 3.63) is 0 Å². The second-order valence-electron chi connectivity index (χ2n) is 7.66. The van der Waals surface area contributed by atoms with Crippen molar-refractivity contribution < 1.29 is 9.90 Å². The van der Waals surface area contributed by atoms with Gasteiger partial charge in [0.2, 0.25) is 0 Å². The van der Waals surface area contributed by atoms with Crippen LogP contribution in [0.5, 0.6) is 0 Å². The fraction of sp³-hybridized carbons (Fsp3) is 0.929. The highest BCUT2D eigenvalue weighted by molar-refractivity contribution is 5.72. The van der Waals surface area contributed by atoms with E-state index in [4.69, 9.17) is 11.5 Å².